The van der Waals surface area contributed by atoms with Crippen molar-refractivity contribution in [3.63, 3.8) is 0 Å². The Hall–Kier alpha value is -2.75. The smallest absolute Gasteiger partial charge is 0.227 e. The minimum Gasteiger partial charge on any atom is -0.493 e. The van der Waals surface area contributed by atoms with Crippen LogP contribution < -0.4 is 9.47 Å². The van der Waals surface area contributed by atoms with Crippen LogP contribution in [0.1, 0.15) is 35.1 Å². The van der Waals surface area contributed by atoms with Gasteiger partial charge in [0.05, 0.1) is 26.5 Å². The highest BCUT2D eigenvalue weighted by Gasteiger charge is 2.35. The molecule has 4 nitrogen and oxygen atoms in total. The van der Waals surface area contributed by atoms with E-state index in [4.69, 9.17) is 9.47 Å². The maximum absolute atomic E-state index is 12.5. The molecular formula is C22H23NO3. The summed E-state index contributed by atoms with van der Waals surface area (Å²) < 4.78 is 10.9. The van der Waals surface area contributed by atoms with Crippen LogP contribution in [-0.2, 0) is 17.8 Å². The van der Waals surface area contributed by atoms with Gasteiger partial charge >= 0.3 is 0 Å². The fraction of sp³-hybridized carbons (Fsp3) is 0.318. The van der Waals surface area contributed by atoms with Gasteiger partial charge in [-0.15, -0.1) is 0 Å². The van der Waals surface area contributed by atoms with Crippen molar-refractivity contribution in [2.45, 2.75) is 32.7 Å². The highest BCUT2D eigenvalue weighted by atomic mass is 16.5. The van der Waals surface area contributed by atoms with Crippen LogP contribution in [0.25, 0.3) is 5.70 Å². The summed E-state index contributed by atoms with van der Waals surface area (Å²) in [4.78, 5) is 14.5. The molecule has 1 amide bonds. The number of amides is 1. The summed E-state index contributed by atoms with van der Waals surface area (Å²) in [5, 5.41) is 0. The first-order valence-corrected chi connectivity index (χ1v) is 8.94. The quantitative estimate of drug-likeness (QED) is 0.834. The Kier molecular flexibility index (Phi) is 4.19. The Morgan fingerprint density at radius 2 is 1.69 bits per heavy atom. The number of ether oxygens (including phenoxy) is 2. The number of aryl methyl sites for hydroxylation is 1. The van der Waals surface area contributed by atoms with Crippen molar-refractivity contribution in [3.8, 4) is 11.5 Å². The van der Waals surface area contributed by atoms with E-state index in [1.165, 1.54) is 16.7 Å². The molecule has 4 heteroatoms. The van der Waals surface area contributed by atoms with Gasteiger partial charge in [0.1, 0.15) is 0 Å². The first kappa shape index (κ1) is 16.7. The van der Waals surface area contributed by atoms with Crippen LogP contribution >= 0.6 is 0 Å². The van der Waals surface area contributed by atoms with Crippen molar-refractivity contribution in [2.75, 3.05) is 14.2 Å². The molecule has 2 aromatic rings. The second-order valence-corrected chi connectivity index (χ2v) is 6.96. The molecule has 0 unspecified atom stereocenters. The van der Waals surface area contributed by atoms with E-state index in [2.05, 4.69) is 31.2 Å². The molecule has 2 aliphatic rings. The second-order valence-electron chi connectivity index (χ2n) is 6.96. The summed E-state index contributed by atoms with van der Waals surface area (Å²) in [6.07, 6.45) is 2.26. The standard InChI is InChI=1S/C22H23NO3/c1-14-4-6-15(7-5-14)10-16-8-9-21(24)23-13-17-11-19(25-2)20(26-3)12-18(17)22(16)23/h4-7,11-12H,8-10,13H2,1-3H3. The monoisotopic (exact) mass is 349 g/mol. The normalized spacial score (nSPS) is 15.8. The molecule has 0 spiro atoms. The molecule has 2 aliphatic heterocycles. The first-order chi connectivity index (χ1) is 12.6. The van der Waals surface area contributed by atoms with Crippen molar-refractivity contribution < 1.29 is 14.3 Å². The third kappa shape index (κ3) is 2.75. The summed E-state index contributed by atoms with van der Waals surface area (Å²) in [5.74, 6) is 1.61. The second kappa shape index (κ2) is 6.52. The van der Waals surface area contributed by atoms with Crippen molar-refractivity contribution in [1.82, 2.24) is 4.90 Å². The first-order valence-electron chi connectivity index (χ1n) is 8.94. The molecule has 0 atom stereocenters. The van der Waals surface area contributed by atoms with Crippen LogP contribution in [0.15, 0.2) is 42.0 Å². The van der Waals surface area contributed by atoms with Gasteiger partial charge in [-0.2, -0.15) is 0 Å². The van der Waals surface area contributed by atoms with Crippen LogP contribution in [0.4, 0.5) is 0 Å². The fourth-order valence-electron chi connectivity index (χ4n) is 3.90. The molecule has 4 rings (SSSR count). The molecule has 0 aromatic heterocycles. The molecule has 2 aromatic carbocycles. The Morgan fingerprint density at radius 1 is 1.00 bits per heavy atom. The number of allylic oxidation sites excluding steroid dienone is 1. The molecule has 0 fully saturated rings. The molecule has 134 valence electrons. The predicted molar refractivity (Wildman–Crippen MR) is 101 cm³/mol. The number of hydrogen-bond acceptors (Lipinski definition) is 3. The number of benzene rings is 2. The summed E-state index contributed by atoms with van der Waals surface area (Å²) >= 11 is 0. The molecule has 0 radical (unpaired) electrons. The summed E-state index contributed by atoms with van der Waals surface area (Å²) in [6.45, 7) is 2.71. The lowest BCUT2D eigenvalue weighted by molar-refractivity contribution is -0.128. The van der Waals surface area contributed by atoms with Gasteiger partial charge in [0.25, 0.3) is 0 Å². The van der Waals surface area contributed by atoms with Gasteiger partial charge in [0.2, 0.25) is 5.91 Å². The van der Waals surface area contributed by atoms with E-state index in [0.717, 1.165) is 29.7 Å². The summed E-state index contributed by atoms with van der Waals surface area (Å²) in [7, 11) is 3.28. The van der Waals surface area contributed by atoms with E-state index >= 15 is 0 Å². The predicted octanol–water partition coefficient (Wildman–Crippen LogP) is 4.10. The van der Waals surface area contributed by atoms with E-state index in [1.54, 1.807) is 14.2 Å². The number of nitrogens with zero attached hydrogens (tertiary/aromatic N) is 1. The number of fused-ring (bicyclic) bond motifs is 3. The lowest BCUT2D eigenvalue weighted by Crippen LogP contribution is -2.29. The van der Waals surface area contributed by atoms with Crippen molar-refractivity contribution >= 4 is 11.6 Å². The van der Waals surface area contributed by atoms with Gasteiger partial charge in [-0.25, -0.2) is 0 Å². The minimum absolute atomic E-state index is 0.196. The number of hydrogen-bond donors (Lipinski definition) is 0. The zero-order valence-corrected chi connectivity index (χ0v) is 15.5. The van der Waals surface area contributed by atoms with E-state index in [1.807, 2.05) is 17.0 Å². The van der Waals surface area contributed by atoms with Crippen LogP contribution in [-0.4, -0.2) is 25.0 Å². The third-order valence-corrected chi connectivity index (χ3v) is 5.28. The van der Waals surface area contributed by atoms with Crippen LogP contribution in [0.3, 0.4) is 0 Å². The summed E-state index contributed by atoms with van der Waals surface area (Å²) in [5.41, 5.74) is 7.14. The molecule has 0 saturated carbocycles. The zero-order valence-electron chi connectivity index (χ0n) is 15.5. The lowest BCUT2D eigenvalue weighted by atomic mass is 9.92. The van der Waals surface area contributed by atoms with Crippen molar-refractivity contribution in [2.24, 2.45) is 0 Å². The largest absolute Gasteiger partial charge is 0.493 e. The van der Waals surface area contributed by atoms with Crippen LogP contribution in [0.5, 0.6) is 11.5 Å². The lowest BCUT2D eigenvalue weighted by Gasteiger charge is -2.27. The number of rotatable bonds is 4. The maximum Gasteiger partial charge on any atom is 0.227 e. The van der Waals surface area contributed by atoms with E-state index in [9.17, 15) is 4.79 Å². The Labute approximate surface area is 154 Å². The van der Waals surface area contributed by atoms with Gasteiger partial charge in [-0.3, -0.25) is 4.79 Å². The van der Waals surface area contributed by atoms with E-state index < -0.39 is 0 Å². The SMILES string of the molecule is COc1cc2c(cc1OC)C1=C(Cc3ccc(C)cc3)CCC(=O)N1C2. The fourth-order valence-corrected chi connectivity index (χ4v) is 3.90. The molecular weight excluding hydrogens is 326 g/mol. The van der Waals surface area contributed by atoms with Crippen molar-refractivity contribution in [3.05, 3.63) is 64.2 Å². The number of methoxy groups -OCH3 is 2. The molecule has 0 N–H and O–H groups in total. The molecule has 0 bridgehead atoms. The van der Waals surface area contributed by atoms with Gasteiger partial charge in [0, 0.05) is 12.0 Å². The molecule has 0 aliphatic carbocycles. The van der Waals surface area contributed by atoms with Gasteiger partial charge in [-0.05, 0) is 48.6 Å². The van der Waals surface area contributed by atoms with Gasteiger partial charge in [0.15, 0.2) is 11.5 Å². The Balaban J connectivity index is 1.81. The number of carbonyl (C=O) groups is 1. The zero-order chi connectivity index (χ0) is 18.3. The highest BCUT2D eigenvalue weighted by molar-refractivity contribution is 5.93. The van der Waals surface area contributed by atoms with Crippen LogP contribution in [0, 0.1) is 6.92 Å². The highest BCUT2D eigenvalue weighted by Crippen LogP contribution is 2.44. The Bertz CT molecular complexity index is 896. The maximum atomic E-state index is 12.5. The minimum atomic E-state index is 0.196. The summed E-state index contributed by atoms with van der Waals surface area (Å²) in [6, 6.07) is 12.6. The van der Waals surface area contributed by atoms with Gasteiger partial charge in [-0.1, -0.05) is 29.8 Å². The third-order valence-electron chi connectivity index (χ3n) is 5.28. The van der Waals surface area contributed by atoms with E-state index in [-0.39, 0.29) is 5.91 Å². The molecule has 2 heterocycles. The Morgan fingerprint density at radius 3 is 2.38 bits per heavy atom. The molecule has 0 saturated heterocycles. The molecule has 26 heavy (non-hydrogen) atoms. The van der Waals surface area contributed by atoms with Crippen LogP contribution in [0.2, 0.25) is 0 Å². The van der Waals surface area contributed by atoms with Crippen molar-refractivity contribution in [1.29, 1.82) is 0 Å². The average molecular weight is 349 g/mol. The van der Waals surface area contributed by atoms with Gasteiger partial charge < -0.3 is 14.4 Å². The van der Waals surface area contributed by atoms with E-state index in [0.29, 0.717) is 24.5 Å². The topological polar surface area (TPSA) is 38.8 Å². The average Bonchev–Trinajstić information content (AvgIpc) is 3.04. The number of carbonyl (C=O) groups excluding carboxylic acids is 1.